The van der Waals surface area contributed by atoms with E-state index in [1.807, 2.05) is 25.4 Å². The average molecular weight is 380 g/mol. The zero-order chi connectivity index (χ0) is 20.3. The van der Waals surface area contributed by atoms with Gasteiger partial charge in [-0.1, -0.05) is 6.92 Å². The summed E-state index contributed by atoms with van der Waals surface area (Å²) >= 11 is 0. The molecule has 1 aromatic carbocycles. The van der Waals surface area contributed by atoms with Crippen molar-refractivity contribution in [2.45, 2.75) is 34.1 Å². The minimum atomic E-state index is -0.270. The van der Waals surface area contributed by atoms with Gasteiger partial charge in [0.2, 0.25) is 0 Å². The van der Waals surface area contributed by atoms with E-state index >= 15 is 0 Å². The predicted molar refractivity (Wildman–Crippen MR) is 106 cm³/mol. The molecule has 2 heterocycles. The van der Waals surface area contributed by atoms with E-state index in [-0.39, 0.29) is 11.5 Å². The van der Waals surface area contributed by atoms with Gasteiger partial charge < -0.3 is 9.84 Å². The van der Waals surface area contributed by atoms with Crippen LogP contribution < -0.4 is 20.0 Å². The number of hydrogen-bond acceptors (Lipinski definition) is 4. The highest BCUT2D eigenvalue weighted by molar-refractivity contribution is 5.72. The first kappa shape index (κ1) is 19.4. The van der Waals surface area contributed by atoms with Crippen LogP contribution in [0.25, 0.3) is 11.4 Å². The van der Waals surface area contributed by atoms with Crippen molar-refractivity contribution >= 4 is 11.6 Å². The molecule has 3 rings (SSSR count). The molecule has 0 amide bonds. The molecule has 0 aliphatic carbocycles. The van der Waals surface area contributed by atoms with Gasteiger partial charge in [0.15, 0.2) is 12.4 Å². The van der Waals surface area contributed by atoms with E-state index in [0.717, 1.165) is 12.0 Å². The Hall–Kier alpha value is -3.35. The Morgan fingerprint density at radius 2 is 1.96 bits per heavy atom. The fourth-order valence-corrected chi connectivity index (χ4v) is 3.04. The highest BCUT2D eigenvalue weighted by atomic mass is 16.5. The Bertz CT molecular complexity index is 1060. The molecule has 0 bridgehead atoms. The van der Waals surface area contributed by atoms with E-state index in [1.54, 1.807) is 28.8 Å². The highest BCUT2D eigenvalue weighted by Crippen LogP contribution is 2.18. The maximum absolute atomic E-state index is 13.2. The maximum Gasteiger partial charge on any atom is 0.348 e. The maximum atomic E-state index is 13.2. The summed E-state index contributed by atoms with van der Waals surface area (Å²) in [7, 11) is 0. The SMILES string of the molecule is CCOc1[nH]n(-c2ccc(N=C(C)[O-])cc2)c(=O)c1-[n+]1ccc(C)c(CC)c1. The van der Waals surface area contributed by atoms with Gasteiger partial charge in [-0.3, -0.25) is 14.9 Å². The lowest BCUT2D eigenvalue weighted by Gasteiger charge is -2.04. The Labute approximate surface area is 163 Å². The van der Waals surface area contributed by atoms with Crippen molar-refractivity contribution in [2.24, 2.45) is 4.99 Å². The number of rotatable bonds is 6. The van der Waals surface area contributed by atoms with Crippen LogP contribution in [0.15, 0.2) is 52.5 Å². The summed E-state index contributed by atoms with van der Waals surface area (Å²) in [5.74, 6) is 0.133. The van der Waals surface area contributed by atoms with Gasteiger partial charge in [-0.2, -0.15) is 4.57 Å². The first-order valence-corrected chi connectivity index (χ1v) is 9.26. The van der Waals surface area contributed by atoms with Crippen LogP contribution in [0.2, 0.25) is 0 Å². The number of hydrogen-bond donors (Lipinski definition) is 1. The molecule has 146 valence electrons. The van der Waals surface area contributed by atoms with Crippen molar-refractivity contribution in [1.29, 1.82) is 0 Å². The molecule has 0 atom stereocenters. The molecule has 1 N–H and O–H groups in total. The van der Waals surface area contributed by atoms with Gasteiger partial charge in [-0.05, 0) is 62.9 Å². The molecule has 0 saturated carbocycles. The Morgan fingerprint density at radius 3 is 2.57 bits per heavy atom. The Kier molecular flexibility index (Phi) is 5.63. The third-order valence-corrected chi connectivity index (χ3v) is 4.44. The Balaban J connectivity index is 2.12. The predicted octanol–water partition coefficient (Wildman–Crippen LogP) is 2.12. The minimum Gasteiger partial charge on any atom is -0.862 e. The molecule has 7 nitrogen and oxygen atoms in total. The van der Waals surface area contributed by atoms with Crippen LogP contribution in [0.3, 0.4) is 0 Å². The van der Waals surface area contributed by atoms with Gasteiger partial charge in [-0.15, -0.1) is 0 Å². The number of nitrogens with zero attached hydrogens (tertiary/aromatic N) is 3. The number of pyridine rings is 1. The molecular formula is C21H24N4O3. The van der Waals surface area contributed by atoms with Gasteiger partial charge in [0.25, 0.3) is 5.88 Å². The van der Waals surface area contributed by atoms with E-state index in [4.69, 9.17) is 4.74 Å². The Morgan fingerprint density at radius 1 is 1.25 bits per heavy atom. The fraction of sp³-hybridized carbons (Fsp3) is 0.286. The van der Waals surface area contributed by atoms with Crippen LogP contribution in [-0.4, -0.2) is 22.3 Å². The molecule has 0 fully saturated rings. The molecule has 3 aromatic rings. The molecule has 7 heteroatoms. The molecule has 0 aliphatic heterocycles. The lowest BCUT2D eigenvalue weighted by Crippen LogP contribution is -2.37. The number of aryl methyl sites for hydroxylation is 2. The summed E-state index contributed by atoms with van der Waals surface area (Å²) in [6, 6.07) is 8.84. The van der Waals surface area contributed by atoms with Gasteiger partial charge >= 0.3 is 11.2 Å². The quantitative estimate of drug-likeness (QED) is 0.404. The zero-order valence-corrected chi connectivity index (χ0v) is 16.5. The van der Waals surface area contributed by atoms with Crippen LogP contribution in [0.5, 0.6) is 5.88 Å². The normalized spacial score (nSPS) is 11.6. The fourth-order valence-electron chi connectivity index (χ4n) is 3.04. The summed E-state index contributed by atoms with van der Waals surface area (Å²) in [4.78, 5) is 17.0. The molecule has 0 saturated heterocycles. The molecule has 28 heavy (non-hydrogen) atoms. The van der Waals surface area contributed by atoms with Gasteiger partial charge in [0.05, 0.1) is 18.0 Å². The van der Waals surface area contributed by atoms with Gasteiger partial charge in [-0.25, -0.2) is 4.68 Å². The van der Waals surface area contributed by atoms with E-state index in [0.29, 0.717) is 29.5 Å². The molecule has 0 unspecified atom stereocenters. The second-order valence-electron chi connectivity index (χ2n) is 6.42. The van der Waals surface area contributed by atoms with E-state index in [1.165, 1.54) is 17.2 Å². The number of aromatic nitrogens is 3. The number of nitrogens with one attached hydrogen (secondary N) is 1. The van der Waals surface area contributed by atoms with E-state index in [9.17, 15) is 9.90 Å². The van der Waals surface area contributed by atoms with Crippen LogP contribution in [0, 0.1) is 6.92 Å². The largest absolute Gasteiger partial charge is 0.862 e. The molecule has 0 radical (unpaired) electrons. The number of aromatic amines is 1. The van der Waals surface area contributed by atoms with Crippen molar-refractivity contribution in [3.63, 3.8) is 0 Å². The van der Waals surface area contributed by atoms with Crippen LogP contribution in [0.1, 0.15) is 31.9 Å². The number of ether oxygens (including phenoxy) is 1. The smallest absolute Gasteiger partial charge is 0.348 e. The third-order valence-electron chi connectivity index (χ3n) is 4.44. The summed E-state index contributed by atoms with van der Waals surface area (Å²) in [5, 5.41) is 14.2. The number of H-pyrrole nitrogens is 1. The van der Waals surface area contributed by atoms with Crippen molar-refractivity contribution in [3.8, 4) is 17.3 Å². The summed E-state index contributed by atoms with van der Waals surface area (Å²) < 4.78 is 8.92. The van der Waals surface area contributed by atoms with Crippen molar-refractivity contribution in [3.05, 3.63) is 64.2 Å². The molecular weight excluding hydrogens is 356 g/mol. The molecule has 0 aliphatic rings. The van der Waals surface area contributed by atoms with Crippen LogP contribution in [0.4, 0.5) is 5.69 Å². The molecule has 0 spiro atoms. The average Bonchev–Trinajstić information content (AvgIpc) is 2.99. The third kappa shape index (κ3) is 3.83. The molecule has 2 aromatic heterocycles. The lowest BCUT2D eigenvalue weighted by atomic mass is 10.1. The summed E-state index contributed by atoms with van der Waals surface area (Å²) in [6.45, 7) is 7.83. The first-order chi connectivity index (χ1) is 13.4. The van der Waals surface area contributed by atoms with E-state index in [2.05, 4.69) is 23.9 Å². The van der Waals surface area contributed by atoms with Crippen LogP contribution >= 0.6 is 0 Å². The van der Waals surface area contributed by atoms with Crippen LogP contribution in [-0.2, 0) is 6.42 Å². The van der Waals surface area contributed by atoms with E-state index < -0.39 is 0 Å². The first-order valence-electron chi connectivity index (χ1n) is 9.26. The standard InChI is InChI=1S/C21H24N4O3/c1-5-16-13-24(12-11-14(16)3)19-20(28-6-2)23-25(21(19)27)18-9-7-17(8-10-18)22-15(4)26/h7-13H,5-6H2,1-4H3,(H-,22,23,26,27). The lowest BCUT2D eigenvalue weighted by molar-refractivity contribution is -0.597. The van der Waals surface area contributed by atoms with Gasteiger partial charge in [0, 0.05) is 11.6 Å². The summed E-state index contributed by atoms with van der Waals surface area (Å²) in [6.07, 6.45) is 4.69. The van der Waals surface area contributed by atoms with Gasteiger partial charge in [0.1, 0.15) is 0 Å². The van der Waals surface area contributed by atoms with Crippen molar-refractivity contribution in [2.75, 3.05) is 6.61 Å². The summed E-state index contributed by atoms with van der Waals surface area (Å²) in [5.41, 5.74) is 3.71. The monoisotopic (exact) mass is 380 g/mol. The second-order valence-corrected chi connectivity index (χ2v) is 6.42. The van der Waals surface area contributed by atoms with Crippen molar-refractivity contribution in [1.82, 2.24) is 9.78 Å². The van der Waals surface area contributed by atoms with Crippen molar-refractivity contribution < 1.29 is 14.4 Å². The second kappa shape index (κ2) is 8.12. The highest BCUT2D eigenvalue weighted by Gasteiger charge is 2.26. The number of benzene rings is 1. The topological polar surface area (TPSA) is 86.3 Å². The minimum absolute atomic E-state index is 0.226. The zero-order valence-electron chi connectivity index (χ0n) is 16.5. The number of aliphatic imine (C=N–C) groups is 1.